The topological polar surface area (TPSA) is 58.6 Å². The molecule has 1 aliphatic rings. The first-order chi connectivity index (χ1) is 7.22. The number of nitrogens with one attached hydrogen (secondary N) is 1. The van der Waals surface area contributed by atoms with Crippen LogP contribution < -0.4 is 10.1 Å². The zero-order chi connectivity index (χ0) is 10.8. The summed E-state index contributed by atoms with van der Waals surface area (Å²) in [6.45, 7) is 0. The number of carbonyl (C=O) groups is 1. The standard InChI is InChI=1S/C11H13NO3/c1-12-9-4-2-3-8(11(13)14)10(9)15-7-5-6-7/h2-4,7,12H,5-6H2,1H3,(H,13,14). The van der Waals surface area contributed by atoms with E-state index in [1.54, 1.807) is 19.2 Å². The Balaban J connectivity index is 2.38. The zero-order valence-corrected chi connectivity index (χ0v) is 8.49. The number of benzene rings is 1. The Morgan fingerprint density at radius 3 is 2.80 bits per heavy atom. The number of aromatic carboxylic acids is 1. The predicted octanol–water partition coefficient (Wildman–Crippen LogP) is 1.97. The van der Waals surface area contributed by atoms with Gasteiger partial charge in [-0.05, 0) is 25.0 Å². The highest BCUT2D eigenvalue weighted by molar-refractivity contribution is 5.93. The van der Waals surface area contributed by atoms with Crippen LogP contribution in [0.2, 0.25) is 0 Å². The quantitative estimate of drug-likeness (QED) is 0.792. The molecule has 0 aliphatic heterocycles. The van der Waals surface area contributed by atoms with Crippen molar-refractivity contribution in [3.05, 3.63) is 23.8 Å². The lowest BCUT2D eigenvalue weighted by Crippen LogP contribution is -2.07. The molecule has 4 heteroatoms. The molecule has 15 heavy (non-hydrogen) atoms. The molecule has 0 unspecified atom stereocenters. The van der Waals surface area contributed by atoms with Crippen molar-refractivity contribution >= 4 is 11.7 Å². The fourth-order valence-electron chi connectivity index (χ4n) is 1.38. The van der Waals surface area contributed by atoms with Crippen molar-refractivity contribution in [1.82, 2.24) is 0 Å². The maximum atomic E-state index is 11.0. The molecule has 0 bridgehead atoms. The van der Waals surface area contributed by atoms with Crippen LogP contribution in [-0.2, 0) is 0 Å². The van der Waals surface area contributed by atoms with E-state index < -0.39 is 5.97 Å². The number of hydrogen-bond donors (Lipinski definition) is 2. The lowest BCUT2D eigenvalue weighted by Gasteiger charge is -2.12. The van der Waals surface area contributed by atoms with Gasteiger partial charge in [0.15, 0.2) is 5.75 Å². The van der Waals surface area contributed by atoms with Gasteiger partial charge in [0.1, 0.15) is 5.56 Å². The third kappa shape index (κ3) is 2.03. The van der Waals surface area contributed by atoms with E-state index in [1.165, 1.54) is 0 Å². The van der Waals surface area contributed by atoms with Crippen LogP contribution in [0.25, 0.3) is 0 Å². The van der Waals surface area contributed by atoms with Crippen LogP contribution in [-0.4, -0.2) is 24.2 Å². The van der Waals surface area contributed by atoms with Crippen molar-refractivity contribution in [2.45, 2.75) is 18.9 Å². The van der Waals surface area contributed by atoms with Gasteiger partial charge in [-0.15, -0.1) is 0 Å². The third-order valence-electron chi connectivity index (χ3n) is 2.32. The molecule has 2 rings (SSSR count). The Labute approximate surface area is 87.9 Å². The molecule has 0 atom stereocenters. The second kappa shape index (κ2) is 3.81. The molecule has 1 saturated carbocycles. The fourth-order valence-corrected chi connectivity index (χ4v) is 1.38. The smallest absolute Gasteiger partial charge is 0.339 e. The molecule has 0 saturated heterocycles. The minimum Gasteiger partial charge on any atom is -0.487 e. The Bertz CT molecular complexity index is 385. The first-order valence-electron chi connectivity index (χ1n) is 4.93. The maximum Gasteiger partial charge on any atom is 0.339 e. The summed E-state index contributed by atoms with van der Waals surface area (Å²) in [7, 11) is 1.75. The molecule has 1 aliphatic carbocycles. The van der Waals surface area contributed by atoms with Gasteiger partial charge in [0.25, 0.3) is 0 Å². The monoisotopic (exact) mass is 207 g/mol. The summed E-state index contributed by atoms with van der Waals surface area (Å²) in [4.78, 5) is 11.0. The van der Waals surface area contributed by atoms with Gasteiger partial charge in [0.05, 0.1) is 11.8 Å². The number of rotatable bonds is 4. The van der Waals surface area contributed by atoms with Crippen molar-refractivity contribution < 1.29 is 14.6 Å². The summed E-state index contributed by atoms with van der Waals surface area (Å²) in [5.74, 6) is -0.502. The van der Waals surface area contributed by atoms with Gasteiger partial charge in [-0.3, -0.25) is 0 Å². The fraction of sp³-hybridized carbons (Fsp3) is 0.364. The average molecular weight is 207 g/mol. The molecular formula is C11H13NO3. The Morgan fingerprint density at radius 2 is 2.27 bits per heavy atom. The zero-order valence-electron chi connectivity index (χ0n) is 8.49. The second-order valence-electron chi connectivity index (χ2n) is 3.55. The first kappa shape index (κ1) is 9.83. The highest BCUT2D eigenvalue weighted by atomic mass is 16.5. The predicted molar refractivity (Wildman–Crippen MR) is 56.6 cm³/mol. The van der Waals surface area contributed by atoms with Crippen LogP contribution in [0.15, 0.2) is 18.2 Å². The molecule has 0 amide bonds. The summed E-state index contributed by atoms with van der Waals surface area (Å²) in [6, 6.07) is 5.07. The molecule has 0 heterocycles. The van der Waals surface area contributed by atoms with E-state index in [9.17, 15) is 4.79 Å². The van der Waals surface area contributed by atoms with Crippen LogP contribution in [0.5, 0.6) is 5.75 Å². The average Bonchev–Trinajstić information content (AvgIpc) is 3.01. The number of hydrogen-bond acceptors (Lipinski definition) is 3. The van der Waals surface area contributed by atoms with Crippen LogP contribution in [0.4, 0.5) is 5.69 Å². The largest absolute Gasteiger partial charge is 0.487 e. The molecule has 1 aromatic carbocycles. The summed E-state index contributed by atoms with van der Waals surface area (Å²) in [6.07, 6.45) is 2.21. The summed E-state index contributed by atoms with van der Waals surface area (Å²) in [5.41, 5.74) is 0.940. The third-order valence-corrected chi connectivity index (χ3v) is 2.32. The van der Waals surface area contributed by atoms with Crippen molar-refractivity contribution in [3.63, 3.8) is 0 Å². The Morgan fingerprint density at radius 1 is 1.53 bits per heavy atom. The van der Waals surface area contributed by atoms with Crippen molar-refractivity contribution in [2.24, 2.45) is 0 Å². The molecule has 1 aromatic rings. The van der Waals surface area contributed by atoms with E-state index in [4.69, 9.17) is 9.84 Å². The number of ether oxygens (including phenoxy) is 1. The highest BCUT2D eigenvalue weighted by Gasteiger charge is 2.27. The minimum atomic E-state index is -0.956. The second-order valence-corrected chi connectivity index (χ2v) is 3.55. The number of anilines is 1. The van der Waals surface area contributed by atoms with E-state index in [0.29, 0.717) is 5.75 Å². The molecule has 0 spiro atoms. The van der Waals surface area contributed by atoms with Gasteiger partial charge in [0, 0.05) is 7.05 Å². The van der Waals surface area contributed by atoms with Crippen molar-refractivity contribution in [2.75, 3.05) is 12.4 Å². The van der Waals surface area contributed by atoms with Gasteiger partial charge >= 0.3 is 5.97 Å². The maximum absolute atomic E-state index is 11.0. The van der Waals surface area contributed by atoms with E-state index in [-0.39, 0.29) is 11.7 Å². The van der Waals surface area contributed by atoms with E-state index in [2.05, 4.69) is 5.32 Å². The summed E-state index contributed by atoms with van der Waals surface area (Å²) in [5, 5.41) is 11.9. The van der Waals surface area contributed by atoms with Gasteiger partial charge in [-0.2, -0.15) is 0 Å². The number of carboxylic acid groups (broad SMARTS) is 1. The molecule has 0 aromatic heterocycles. The van der Waals surface area contributed by atoms with Crippen LogP contribution in [0.1, 0.15) is 23.2 Å². The van der Waals surface area contributed by atoms with Crippen LogP contribution >= 0.6 is 0 Å². The SMILES string of the molecule is CNc1cccc(C(=O)O)c1OC1CC1. The van der Waals surface area contributed by atoms with Crippen LogP contribution in [0.3, 0.4) is 0 Å². The lowest BCUT2D eigenvalue weighted by molar-refractivity contribution is 0.0692. The summed E-state index contributed by atoms with van der Waals surface area (Å²) < 4.78 is 5.60. The van der Waals surface area contributed by atoms with Gasteiger partial charge in [-0.25, -0.2) is 4.79 Å². The number of carboxylic acids is 1. The van der Waals surface area contributed by atoms with Gasteiger partial charge in [0.2, 0.25) is 0 Å². The summed E-state index contributed by atoms with van der Waals surface area (Å²) >= 11 is 0. The molecular weight excluding hydrogens is 194 g/mol. The Kier molecular flexibility index (Phi) is 2.49. The van der Waals surface area contributed by atoms with Gasteiger partial charge < -0.3 is 15.2 Å². The normalized spacial score (nSPS) is 14.7. The highest BCUT2D eigenvalue weighted by Crippen LogP contribution is 2.34. The lowest BCUT2D eigenvalue weighted by atomic mass is 10.1. The van der Waals surface area contributed by atoms with Crippen molar-refractivity contribution in [1.29, 1.82) is 0 Å². The first-order valence-corrected chi connectivity index (χ1v) is 4.93. The molecule has 2 N–H and O–H groups in total. The molecule has 80 valence electrons. The van der Waals surface area contributed by atoms with E-state index in [0.717, 1.165) is 18.5 Å². The van der Waals surface area contributed by atoms with E-state index >= 15 is 0 Å². The molecule has 4 nitrogen and oxygen atoms in total. The molecule has 0 radical (unpaired) electrons. The Hall–Kier alpha value is -1.71. The number of para-hydroxylation sites is 1. The van der Waals surface area contributed by atoms with Crippen molar-refractivity contribution in [3.8, 4) is 5.75 Å². The minimum absolute atomic E-state index is 0.192. The van der Waals surface area contributed by atoms with E-state index in [1.807, 2.05) is 6.07 Å². The van der Waals surface area contributed by atoms with Gasteiger partial charge in [-0.1, -0.05) is 6.07 Å². The molecule has 1 fully saturated rings. The van der Waals surface area contributed by atoms with Crippen LogP contribution in [0, 0.1) is 0 Å².